The van der Waals surface area contributed by atoms with Crippen LogP contribution < -0.4 is 0 Å². The third-order valence-electron chi connectivity index (χ3n) is 3.06. The van der Waals surface area contributed by atoms with Crippen molar-refractivity contribution in [2.75, 3.05) is 27.2 Å². The zero-order valence-electron chi connectivity index (χ0n) is 9.87. The molecule has 1 aliphatic heterocycles. The van der Waals surface area contributed by atoms with Crippen molar-refractivity contribution in [3.8, 4) is 0 Å². The molecule has 0 radical (unpaired) electrons. The van der Waals surface area contributed by atoms with Gasteiger partial charge in [0.2, 0.25) is 5.91 Å². The van der Waals surface area contributed by atoms with E-state index >= 15 is 0 Å². The number of rotatable bonds is 3. The molecule has 1 heterocycles. The lowest BCUT2D eigenvalue weighted by Crippen LogP contribution is -2.49. The Balaban J connectivity index is 2.52. The lowest BCUT2D eigenvalue weighted by molar-refractivity contribution is -0.132. The Morgan fingerprint density at radius 1 is 1.60 bits per heavy atom. The number of likely N-dealkylation sites (tertiary alicyclic amines) is 1. The van der Waals surface area contributed by atoms with E-state index in [1.165, 1.54) is 6.42 Å². The molecular weight excluding hydrogens is 256 g/mol. The van der Waals surface area contributed by atoms with Crippen LogP contribution in [0.3, 0.4) is 0 Å². The fourth-order valence-electron chi connectivity index (χ4n) is 1.95. The van der Waals surface area contributed by atoms with Crippen molar-refractivity contribution in [2.45, 2.75) is 37.1 Å². The van der Waals surface area contributed by atoms with E-state index in [2.05, 4.69) is 34.9 Å². The Morgan fingerprint density at radius 3 is 2.80 bits per heavy atom. The van der Waals surface area contributed by atoms with Gasteiger partial charge in [0.05, 0.1) is 4.83 Å². The SMILES string of the molecule is CCC(Br)C(=O)N1CCCC(N(C)C)C1. The summed E-state index contributed by atoms with van der Waals surface area (Å²) < 4.78 is 0. The van der Waals surface area contributed by atoms with Crippen LogP contribution in [0.15, 0.2) is 0 Å². The zero-order chi connectivity index (χ0) is 11.4. The van der Waals surface area contributed by atoms with Crippen LogP contribution in [0.1, 0.15) is 26.2 Å². The van der Waals surface area contributed by atoms with Gasteiger partial charge in [-0.15, -0.1) is 0 Å². The predicted octanol–water partition coefficient (Wildman–Crippen LogP) is 1.71. The average molecular weight is 277 g/mol. The monoisotopic (exact) mass is 276 g/mol. The predicted molar refractivity (Wildman–Crippen MR) is 66.3 cm³/mol. The van der Waals surface area contributed by atoms with Crippen LogP contribution in [0.5, 0.6) is 0 Å². The van der Waals surface area contributed by atoms with Crippen molar-refractivity contribution in [3.63, 3.8) is 0 Å². The quantitative estimate of drug-likeness (QED) is 0.733. The molecule has 1 amide bonds. The van der Waals surface area contributed by atoms with E-state index < -0.39 is 0 Å². The van der Waals surface area contributed by atoms with E-state index in [4.69, 9.17) is 0 Å². The van der Waals surface area contributed by atoms with Gasteiger partial charge in [0, 0.05) is 19.1 Å². The summed E-state index contributed by atoms with van der Waals surface area (Å²) >= 11 is 3.43. The average Bonchev–Trinajstić information content (AvgIpc) is 2.27. The van der Waals surface area contributed by atoms with Crippen LogP contribution in [0.25, 0.3) is 0 Å². The molecule has 1 aliphatic rings. The van der Waals surface area contributed by atoms with Crippen LogP contribution in [0, 0.1) is 0 Å². The van der Waals surface area contributed by atoms with E-state index in [-0.39, 0.29) is 10.7 Å². The first kappa shape index (κ1) is 13.0. The summed E-state index contributed by atoms with van der Waals surface area (Å²) in [5, 5.41) is 0. The normalized spacial score (nSPS) is 24.3. The lowest BCUT2D eigenvalue weighted by atomic mass is 10.0. The number of likely N-dealkylation sites (N-methyl/N-ethyl adjacent to an activating group) is 1. The van der Waals surface area contributed by atoms with Gasteiger partial charge in [-0.3, -0.25) is 4.79 Å². The maximum Gasteiger partial charge on any atom is 0.236 e. The second-order valence-electron chi connectivity index (χ2n) is 4.42. The van der Waals surface area contributed by atoms with Gasteiger partial charge in [0.1, 0.15) is 0 Å². The molecule has 1 fully saturated rings. The molecule has 0 aromatic heterocycles. The third-order valence-corrected chi connectivity index (χ3v) is 4.10. The maximum absolute atomic E-state index is 12.0. The molecular formula is C11H21BrN2O. The first-order valence-electron chi connectivity index (χ1n) is 5.65. The molecule has 0 aliphatic carbocycles. The molecule has 0 aromatic rings. The summed E-state index contributed by atoms with van der Waals surface area (Å²) in [7, 11) is 4.17. The number of carbonyl (C=O) groups excluding carboxylic acids is 1. The fourth-order valence-corrected chi connectivity index (χ4v) is 2.24. The minimum absolute atomic E-state index is 0.00147. The number of piperidine rings is 1. The number of halogens is 1. The van der Waals surface area contributed by atoms with E-state index in [9.17, 15) is 4.79 Å². The highest BCUT2D eigenvalue weighted by atomic mass is 79.9. The van der Waals surface area contributed by atoms with Crippen molar-refractivity contribution in [2.24, 2.45) is 0 Å². The molecule has 1 saturated heterocycles. The number of alkyl halides is 1. The molecule has 0 N–H and O–H groups in total. The van der Waals surface area contributed by atoms with Gasteiger partial charge >= 0.3 is 0 Å². The summed E-state index contributed by atoms with van der Waals surface area (Å²) in [6.45, 7) is 3.84. The molecule has 1 rings (SSSR count). The zero-order valence-corrected chi connectivity index (χ0v) is 11.5. The first-order valence-corrected chi connectivity index (χ1v) is 6.57. The van der Waals surface area contributed by atoms with E-state index in [0.29, 0.717) is 6.04 Å². The van der Waals surface area contributed by atoms with Crippen LogP contribution >= 0.6 is 15.9 Å². The van der Waals surface area contributed by atoms with Gasteiger partial charge in [0.25, 0.3) is 0 Å². The highest BCUT2D eigenvalue weighted by Gasteiger charge is 2.27. The first-order chi connectivity index (χ1) is 7.06. The van der Waals surface area contributed by atoms with Gasteiger partial charge in [0.15, 0.2) is 0 Å². The lowest BCUT2D eigenvalue weighted by Gasteiger charge is -2.36. The van der Waals surface area contributed by atoms with Crippen molar-refractivity contribution < 1.29 is 4.79 Å². The summed E-state index contributed by atoms with van der Waals surface area (Å²) in [4.78, 5) is 16.2. The largest absolute Gasteiger partial charge is 0.340 e. The molecule has 0 aromatic carbocycles. The highest BCUT2D eigenvalue weighted by Crippen LogP contribution is 2.17. The van der Waals surface area contributed by atoms with Crippen molar-refractivity contribution in [1.82, 2.24) is 9.80 Å². The van der Waals surface area contributed by atoms with Gasteiger partial charge in [-0.05, 0) is 33.4 Å². The summed E-state index contributed by atoms with van der Waals surface area (Å²) in [6, 6.07) is 0.527. The van der Waals surface area contributed by atoms with Crippen LogP contribution in [-0.4, -0.2) is 53.8 Å². The van der Waals surface area contributed by atoms with Gasteiger partial charge in [-0.1, -0.05) is 22.9 Å². The Hall–Kier alpha value is -0.0900. The smallest absolute Gasteiger partial charge is 0.236 e. The summed E-state index contributed by atoms with van der Waals surface area (Å²) in [5.74, 6) is 0.254. The van der Waals surface area contributed by atoms with Gasteiger partial charge in [-0.25, -0.2) is 0 Å². The highest BCUT2D eigenvalue weighted by molar-refractivity contribution is 9.10. The van der Waals surface area contributed by atoms with Crippen LogP contribution in [0.4, 0.5) is 0 Å². The minimum atomic E-state index is -0.00147. The molecule has 0 bridgehead atoms. The molecule has 4 heteroatoms. The number of hydrogen-bond acceptors (Lipinski definition) is 2. The molecule has 2 unspecified atom stereocenters. The maximum atomic E-state index is 12.0. The van der Waals surface area contributed by atoms with E-state index in [1.807, 2.05) is 11.8 Å². The second-order valence-corrected chi connectivity index (χ2v) is 5.53. The molecule has 3 nitrogen and oxygen atoms in total. The van der Waals surface area contributed by atoms with Crippen molar-refractivity contribution in [3.05, 3.63) is 0 Å². The molecule has 2 atom stereocenters. The number of hydrogen-bond donors (Lipinski definition) is 0. The summed E-state index contributed by atoms with van der Waals surface area (Å²) in [6.07, 6.45) is 3.19. The van der Waals surface area contributed by atoms with E-state index in [0.717, 1.165) is 25.9 Å². The Morgan fingerprint density at radius 2 is 2.27 bits per heavy atom. The Labute approximate surface area is 101 Å². The number of carbonyl (C=O) groups is 1. The summed E-state index contributed by atoms with van der Waals surface area (Å²) in [5.41, 5.74) is 0. The molecule has 0 spiro atoms. The van der Waals surface area contributed by atoms with Gasteiger partial charge in [-0.2, -0.15) is 0 Å². The Kier molecular flexibility index (Phi) is 5.06. The Bertz CT molecular complexity index is 221. The molecule has 0 saturated carbocycles. The number of nitrogens with zero attached hydrogens (tertiary/aromatic N) is 2. The van der Waals surface area contributed by atoms with Crippen LogP contribution in [0.2, 0.25) is 0 Å². The molecule has 15 heavy (non-hydrogen) atoms. The van der Waals surface area contributed by atoms with Crippen molar-refractivity contribution >= 4 is 21.8 Å². The van der Waals surface area contributed by atoms with Crippen LogP contribution in [-0.2, 0) is 4.79 Å². The van der Waals surface area contributed by atoms with E-state index in [1.54, 1.807) is 0 Å². The minimum Gasteiger partial charge on any atom is -0.340 e. The molecule has 88 valence electrons. The standard InChI is InChI=1S/C11H21BrN2O/c1-4-10(12)11(15)14-7-5-6-9(8-14)13(2)3/h9-10H,4-8H2,1-3H3. The fraction of sp³-hybridized carbons (Fsp3) is 0.909. The van der Waals surface area contributed by atoms with Crippen molar-refractivity contribution in [1.29, 1.82) is 0 Å². The second kappa shape index (κ2) is 5.85. The third kappa shape index (κ3) is 3.45. The topological polar surface area (TPSA) is 23.6 Å². The van der Waals surface area contributed by atoms with Gasteiger partial charge < -0.3 is 9.80 Å². The number of amides is 1.